The quantitative estimate of drug-likeness (QED) is 0.718. The molecular formula is C11H22N2. The summed E-state index contributed by atoms with van der Waals surface area (Å²) in [5.74, 6) is 0. The van der Waals surface area contributed by atoms with Crippen LogP contribution in [0, 0.1) is 5.41 Å². The summed E-state index contributed by atoms with van der Waals surface area (Å²) in [6.07, 6.45) is 6.93. The first kappa shape index (κ1) is 9.47. The fraction of sp³-hybridized carbons (Fsp3) is 1.00. The summed E-state index contributed by atoms with van der Waals surface area (Å²) in [4.78, 5) is 2.58. The molecule has 2 aliphatic rings. The maximum Gasteiger partial charge on any atom is 0.0180 e. The van der Waals surface area contributed by atoms with Gasteiger partial charge in [-0.1, -0.05) is 13.3 Å². The molecule has 2 rings (SSSR count). The standard InChI is InChI=1S/C11H22N2/c1-2-11(5-3-6-11)9-13-7-4-10(12)8-13/h10H,2-9,12H2,1H3. The van der Waals surface area contributed by atoms with Crippen LogP contribution in [-0.2, 0) is 0 Å². The van der Waals surface area contributed by atoms with Crippen LogP contribution in [0.5, 0.6) is 0 Å². The number of nitrogens with two attached hydrogens (primary N) is 1. The van der Waals surface area contributed by atoms with E-state index in [1.54, 1.807) is 0 Å². The number of rotatable bonds is 3. The van der Waals surface area contributed by atoms with Gasteiger partial charge < -0.3 is 10.6 Å². The minimum atomic E-state index is 0.453. The predicted octanol–water partition coefficient (Wildman–Crippen LogP) is 1.60. The molecule has 1 saturated carbocycles. The smallest absolute Gasteiger partial charge is 0.0180 e. The molecule has 0 amide bonds. The molecule has 1 aliphatic heterocycles. The van der Waals surface area contributed by atoms with E-state index in [1.807, 2.05) is 0 Å². The van der Waals surface area contributed by atoms with E-state index in [2.05, 4.69) is 11.8 Å². The number of hydrogen-bond acceptors (Lipinski definition) is 2. The van der Waals surface area contributed by atoms with Crippen LogP contribution in [0.15, 0.2) is 0 Å². The van der Waals surface area contributed by atoms with Crippen LogP contribution in [0.25, 0.3) is 0 Å². The third-order valence-electron chi connectivity index (χ3n) is 4.03. The molecular weight excluding hydrogens is 160 g/mol. The molecule has 0 radical (unpaired) electrons. The second kappa shape index (κ2) is 3.58. The first-order chi connectivity index (χ1) is 6.24. The van der Waals surface area contributed by atoms with Crippen molar-refractivity contribution in [2.45, 2.75) is 45.1 Å². The second-order valence-corrected chi connectivity index (χ2v) is 4.99. The molecule has 2 fully saturated rings. The Morgan fingerprint density at radius 3 is 2.62 bits per heavy atom. The van der Waals surface area contributed by atoms with Crippen LogP contribution in [-0.4, -0.2) is 30.6 Å². The third kappa shape index (κ3) is 1.89. The molecule has 1 aliphatic carbocycles. The van der Waals surface area contributed by atoms with Crippen LogP contribution in [0.1, 0.15) is 39.0 Å². The van der Waals surface area contributed by atoms with Crippen molar-refractivity contribution in [1.29, 1.82) is 0 Å². The van der Waals surface area contributed by atoms with E-state index >= 15 is 0 Å². The van der Waals surface area contributed by atoms with Crippen molar-refractivity contribution in [3.8, 4) is 0 Å². The Morgan fingerprint density at radius 2 is 2.23 bits per heavy atom. The molecule has 2 N–H and O–H groups in total. The summed E-state index contributed by atoms with van der Waals surface area (Å²) < 4.78 is 0. The van der Waals surface area contributed by atoms with Gasteiger partial charge in [0.05, 0.1) is 0 Å². The van der Waals surface area contributed by atoms with Gasteiger partial charge in [-0.05, 0) is 37.6 Å². The van der Waals surface area contributed by atoms with Crippen LogP contribution in [0.4, 0.5) is 0 Å². The van der Waals surface area contributed by atoms with Gasteiger partial charge in [0.1, 0.15) is 0 Å². The second-order valence-electron chi connectivity index (χ2n) is 4.99. The molecule has 1 atom stereocenters. The monoisotopic (exact) mass is 182 g/mol. The van der Waals surface area contributed by atoms with E-state index in [4.69, 9.17) is 5.73 Å². The zero-order valence-electron chi connectivity index (χ0n) is 8.76. The molecule has 76 valence electrons. The summed E-state index contributed by atoms with van der Waals surface area (Å²) >= 11 is 0. The zero-order chi connectivity index (χ0) is 9.31. The minimum absolute atomic E-state index is 0.453. The van der Waals surface area contributed by atoms with Crippen molar-refractivity contribution in [3.05, 3.63) is 0 Å². The van der Waals surface area contributed by atoms with Crippen molar-refractivity contribution in [1.82, 2.24) is 4.90 Å². The fourth-order valence-electron chi connectivity index (χ4n) is 2.78. The Morgan fingerprint density at radius 1 is 1.46 bits per heavy atom. The molecule has 1 heterocycles. The lowest BCUT2D eigenvalue weighted by molar-refractivity contribution is 0.0727. The van der Waals surface area contributed by atoms with Crippen molar-refractivity contribution in [3.63, 3.8) is 0 Å². The van der Waals surface area contributed by atoms with Gasteiger partial charge in [-0.2, -0.15) is 0 Å². The summed E-state index contributed by atoms with van der Waals surface area (Å²) in [6, 6.07) is 0.453. The fourth-order valence-corrected chi connectivity index (χ4v) is 2.78. The molecule has 2 nitrogen and oxygen atoms in total. The molecule has 2 heteroatoms. The molecule has 1 saturated heterocycles. The van der Waals surface area contributed by atoms with Gasteiger partial charge in [-0.15, -0.1) is 0 Å². The van der Waals surface area contributed by atoms with Gasteiger partial charge in [0.15, 0.2) is 0 Å². The van der Waals surface area contributed by atoms with Crippen LogP contribution < -0.4 is 5.73 Å². The Hall–Kier alpha value is -0.0800. The van der Waals surface area contributed by atoms with Crippen LogP contribution in [0.3, 0.4) is 0 Å². The van der Waals surface area contributed by atoms with Gasteiger partial charge in [0.2, 0.25) is 0 Å². The highest BCUT2D eigenvalue weighted by molar-refractivity contribution is 4.91. The van der Waals surface area contributed by atoms with Gasteiger partial charge in [0, 0.05) is 19.1 Å². The molecule has 0 bridgehead atoms. The largest absolute Gasteiger partial charge is 0.326 e. The Balaban J connectivity index is 1.83. The van der Waals surface area contributed by atoms with E-state index in [0.717, 1.165) is 6.54 Å². The highest BCUT2D eigenvalue weighted by Gasteiger charge is 2.37. The number of hydrogen-bond donors (Lipinski definition) is 1. The lowest BCUT2D eigenvalue weighted by Crippen LogP contribution is -2.41. The minimum Gasteiger partial charge on any atom is -0.326 e. The lowest BCUT2D eigenvalue weighted by Gasteiger charge is -2.44. The maximum absolute atomic E-state index is 5.90. The number of likely N-dealkylation sites (tertiary alicyclic amines) is 1. The highest BCUT2D eigenvalue weighted by atomic mass is 15.2. The average Bonchev–Trinajstić information content (AvgIpc) is 2.44. The van der Waals surface area contributed by atoms with Crippen molar-refractivity contribution in [2.75, 3.05) is 19.6 Å². The first-order valence-corrected chi connectivity index (χ1v) is 5.72. The van der Waals surface area contributed by atoms with E-state index in [1.165, 1.54) is 45.2 Å². The van der Waals surface area contributed by atoms with Crippen LogP contribution >= 0.6 is 0 Å². The van der Waals surface area contributed by atoms with Gasteiger partial charge >= 0.3 is 0 Å². The summed E-state index contributed by atoms with van der Waals surface area (Å²) in [5.41, 5.74) is 6.59. The SMILES string of the molecule is CCC1(CN2CCC(N)C2)CCC1. The molecule has 1 unspecified atom stereocenters. The highest BCUT2D eigenvalue weighted by Crippen LogP contribution is 2.44. The molecule has 0 spiro atoms. The third-order valence-corrected chi connectivity index (χ3v) is 4.03. The topological polar surface area (TPSA) is 29.3 Å². The summed E-state index contributed by atoms with van der Waals surface area (Å²) in [5, 5.41) is 0. The maximum atomic E-state index is 5.90. The van der Waals surface area contributed by atoms with Crippen molar-refractivity contribution in [2.24, 2.45) is 11.1 Å². The van der Waals surface area contributed by atoms with Crippen molar-refractivity contribution < 1.29 is 0 Å². The summed E-state index contributed by atoms with van der Waals surface area (Å²) in [7, 11) is 0. The number of nitrogens with zero attached hydrogens (tertiary/aromatic N) is 1. The van der Waals surface area contributed by atoms with E-state index < -0.39 is 0 Å². The molecule has 0 aromatic heterocycles. The Kier molecular flexibility index (Phi) is 2.61. The molecule has 0 aromatic rings. The van der Waals surface area contributed by atoms with Crippen LogP contribution in [0.2, 0.25) is 0 Å². The normalized spacial score (nSPS) is 33.2. The molecule has 0 aromatic carbocycles. The molecule has 13 heavy (non-hydrogen) atoms. The zero-order valence-corrected chi connectivity index (χ0v) is 8.76. The Bertz CT molecular complexity index is 169. The summed E-state index contributed by atoms with van der Waals surface area (Å²) in [6.45, 7) is 6.04. The average molecular weight is 182 g/mol. The predicted molar refractivity (Wildman–Crippen MR) is 55.6 cm³/mol. The van der Waals surface area contributed by atoms with E-state index in [9.17, 15) is 0 Å². The van der Waals surface area contributed by atoms with Gasteiger partial charge in [-0.3, -0.25) is 0 Å². The van der Waals surface area contributed by atoms with Gasteiger partial charge in [-0.25, -0.2) is 0 Å². The first-order valence-electron chi connectivity index (χ1n) is 5.72. The van der Waals surface area contributed by atoms with Gasteiger partial charge in [0.25, 0.3) is 0 Å². The lowest BCUT2D eigenvalue weighted by atomic mass is 9.67. The van der Waals surface area contributed by atoms with Crippen molar-refractivity contribution >= 4 is 0 Å². The Labute approximate surface area is 81.5 Å². The van der Waals surface area contributed by atoms with E-state index in [0.29, 0.717) is 11.5 Å². The van der Waals surface area contributed by atoms with E-state index in [-0.39, 0.29) is 0 Å².